The smallest absolute Gasteiger partial charge is 0.148 e. The van der Waals surface area contributed by atoms with E-state index in [-0.39, 0.29) is 5.02 Å². The predicted octanol–water partition coefficient (Wildman–Crippen LogP) is 5.45. The van der Waals surface area contributed by atoms with Crippen molar-refractivity contribution in [1.82, 2.24) is 5.32 Å². The molecule has 0 aromatic heterocycles. The summed E-state index contributed by atoms with van der Waals surface area (Å²) in [5, 5.41) is 2.99. The molecule has 0 radical (unpaired) electrons. The minimum atomic E-state index is -0.531. The molecular weight excluding hydrogens is 415 g/mol. The first kappa shape index (κ1) is 15.9. The molecule has 2 aromatic rings. The fraction of sp³-hybridized carbons (Fsp3) is 0.143. The molecule has 20 heavy (non-hydrogen) atoms. The van der Waals surface area contributed by atoms with Gasteiger partial charge >= 0.3 is 0 Å². The van der Waals surface area contributed by atoms with Crippen LogP contribution in [-0.2, 0) is 0 Å². The van der Waals surface area contributed by atoms with Crippen LogP contribution >= 0.6 is 43.5 Å². The molecule has 0 aliphatic heterocycles. The van der Waals surface area contributed by atoms with Gasteiger partial charge in [0.15, 0.2) is 0 Å². The highest BCUT2D eigenvalue weighted by molar-refractivity contribution is 9.10. The molecule has 1 atom stereocenters. The van der Waals surface area contributed by atoms with Crippen LogP contribution in [0.4, 0.5) is 8.78 Å². The van der Waals surface area contributed by atoms with Crippen LogP contribution in [0.3, 0.4) is 0 Å². The van der Waals surface area contributed by atoms with E-state index in [1.54, 1.807) is 31.3 Å². The zero-order valence-electron chi connectivity index (χ0n) is 10.4. The van der Waals surface area contributed by atoms with Crippen molar-refractivity contribution in [2.45, 2.75) is 6.04 Å². The Bertz CT molecular complexity index is 649. The molecule has 0 amide bonds. The lowest BCUT2D eigenvalue weighted by atomic mass is 9.98. The van der Waals surface area contributed by atoms with Gasteiger partial charge in [-0.25, -0.2) is 8.78 Å². The van der Waals surface area contributed by atoms with Crippen molar-refractivity contribution in [1.29, 1.82) is 0 Å². The lowest BCUT2D eigenvalue weighted by Gasteiger charge is -2.20. The molecule has 0 bridgehead atoms. The number of hydrogen-bond donors (Lipinski definition) is 1. The lowest BCUT2D eigenvalue weighted by Crippen LogP contribution is -2.20. The second-order valence-corrected chi connectivity index (χ2v) is 6.15. The Morgan fingerprint density at radius 1 is 1.10 bits per heavy atom. The highest BCUT2D eigenvalue weighted by Gasteiger charge is 2.22. The molecule has 0 saturated carbocycles. The van der Waals surface area contributed by atoms with Crippen LogP contribution in [0.25, 0.3) is 0 Å². The standard InChI is InChI=1S/C14H10Br2ClF2N/c1-20-14(7-3-2-4-10(18)11(7)16)8-5-6-9(15)12(17)13(8)19/h2-6,14,20H,1H3. The number of benzene rings is 2. The topological polar surface area (TPSA) is 12.0 Å². The van der Waals surface area contributed by atoms with Gasteiger partial charge in [-0.3, -0.25) is 0 Å². The maximum absolute atomic E-state index is 14.3. The van der Waals surface area contributed by atoms with Crippen LogP contribution < -0.4 is 5.32 Å². The third-order valence-electron chi connectivity index (χ3n) is 2.96. The Labute approximate surface area is 137 Å². The molecule has 1 N–H and O–H groups in total. The third kappa shape index (κ3) is 2.91. The molecule has 2 rings (SSSR count). The maximum atomic E-state index is 14.3. The first-order valence-corrected chi connectivity index (χ1v) is 7.68. The Morgan fingerprint density at radius 2 is 1.80 bits per heavy atom. The SMILES string of the molecule is CNC(c1ccc(Br)c(Cl)c1F)c1cccc(F)c1Br. The minimum absolute atomic E-state index is 0.00951. The van der Waals surface area contributed by atoms with Crippen LogP contribution in [0, 0.1) is 11.6 Å². The first-order chi connectivity index (χ1) is 9.47. The third-order valence-corrected chi connectivity index (χ3v) is 5.05. The van der Waals surface area contributed by atoms with Gasteiger partial charge in [0.2, 0.25) is 0 Å². The summed E-state index contributed by atoms with van der Waals surface area (Å²) in [6.07, 6.45) is 0. The van der Waals surface area contributed by atoms with Gasteiger partial charge < -0.3 is 5.32 Å². The van der Waals surface area contributed by atoms with Crippen molar-refractivity contribution >= 4 is 43.5 Å². The Morgan fingerprint density at radius 3 is 2.45 bits per heavy atom. The maximum Gasteiger partial charge on any atom is 0.148 e. The largest absolute Gasteiger partial charge is 0.309 e. The van der Waals surface area contributed by atoms with Crippen LogP contribution in [0.2, 0.25) is 5.02 Å². The van der Waals surface area contributed by atoms with Gasteiger partial charge in [0.25, 0.3) is 0 Å². The quantitative estimate of drug-likeness (QED) is 0.645. The fourth-order valence-corrected chi connectivity index (χ4v) is 2.96. The van der Waals surface area contributed by atoms with Gasteiger partial charge in [-0.05, 0) is 56.6 Å². The van der Waals surface area contributed by atoms with Gasteiger partial charge in [-0.15, -0.1) is 0 Å². The van der Waals surface area contributed by atoms with E-state index < -0.39 is 17.7 Å². The fourth-order valence-electron chi connectivity index (χ4n) is 1.99. The van der Waals surface area contributed by atoms with Gasteiger partial charge in [0.1, 0.15) is 11.6 Å². The zero-order valence-corrected chi connectivity index (χ0v) is 14.3. The monoisotopic (exact) mass is 423 g/mol. The number of halogens is 5. The van der Waals surface area contributed by atoms with E-state index in [0.717, 1.165) is 0 Å². The van der Waals surface area contributed by atoms with Crippen molar-refractivity contribution in [3.8, 4) is 0 Å². The molecular formula is C14H10Br2ClF2N. The summed E-state index contributed by atoms with van der Waals surface area (Å²) in [5.74, 6) is -0.928. The summed E-state index contributed by atoms with van der Waals surface area (Å²) in [5.41, 5.74) is 0.955. The van der Waals surface area contributed by atoms with E-state index in [1.807, 2.05) is 0 Å². The Balaban J connectivity index is 2.59. The molecule has 0 fully saturated rings. The molecule has 1 nitrogen and oxygen atoms in total. The van der Waals surface area contributed by atoms with Crippen LogP contribution in [-0.4, -0.2) is 7.05 Å². The number of rotatable bonds is 3. The van der Waals surface area contributed by atoms with Crippen molar-refractivity contribution in [3.63, 3.8) is 0 Å². The molecule has 106 valence electrons. The summed E-state index contributed by atoms with van der Waals surface area (Å²) in [6, 6.07) is 7.42. The molecule has 1 unspecified atom stereocenters. The highest BCUT2D eigenvalue weighted by Crippen LogP contribution is 2.35. The van der Waals surface area contributed by atoms with Gasteiger partial charge in [0, 0.05) is 10.0 Å². The van der Waals surface area contributed by atoms with Crippen molar-refractivity contribution in [2.75, 3.05) is 7.05 Å². The van der Waals surface area contributed by atoms with E-state index in [0.29, 0.717) is 20.1 Å². The van der Waals surface area contributed by atoms with Crippen LogP contribution in [0.5, 0.6) is 0 Å². The summed E-state index contributed by atoms with van der Waals surface area (Å²) in [7, 11) is 1.68. The lowest BCUT2D eigenvalue weighted by molar-refractivity contribution is 0.568. The number of nitrogens with one attached hydrogen (secondary N) is 1. The van der Waals surface area contributed by atoms with E-state index in [1.165, 1.54) is 6.07 Å². The highest BCUT2D eigenvalue weighted by atomic mass is 79.9. The Kier molecular flexibility index (Phi) is 5.18. The van der Waals surface area contributed by atoms with E-state index in [4.69, 9.17) is 11.6 Å². The van der Waals surface area contributed by atoms with Crippen molar-refractivity contribution < 1.29 is 8.78 Å². The van der Waals surface area contributed by atoms with Gasteiger partial charge in [-0.2, -0.15) is 0 Å². The molecule has 2 aromatic carbocycles. The van der Waals surface area contributed by atoms with Crippen LogP contribution in [0.15, 0.2) is 39.3 Å². The summed E-state index contributed by atoms with van der Waals surface area (Å²) in [6.45, 7) is 0. The first-order valence-electron chi connectivity index (χ1n) is 5.72. The molecule has 0 saturated heterocycles. The molecule has 0 heterocycles. The molecule has 0 aliphatic carbocycles. The minimum Gasteiger partial charge on any atom is -0.309 e. The molecule has 0 aliphatic rings. The van der Waals surface area contributed by atoms with Crippen molar-refractivity contribution in [3.05, 3.63) is 67.1 Å². The van der Waals surface area contributed by atoms with Crippen LogP contribution in [0.1, 0.15) is 17.2 Å². The predicted molar refractivity (Wildman–Crippen MR) is 84.1 cm³/mol. The average Bonchev–Trinajstić information content (AvgIpc) is 2.44. The normalized spacial score (nSPS) is 12.5. The average molecular weight is 425 g/mol. The van der Waals surface area contributed by atoms with E-state index >= 15 is 0 Å². The summed E-state index contributed by atoms with van der Waals surface area (Å²) < 4.78 is 28.7. The summed E-state index contributed by atoms with van der Waals surface area (Å²) in [4.78, 5) is 0. The molecule has 6 heteroatoms. The van der Waals surface area contributed by atoms with E-state index in [2.05, 4.69) is 37.2 Å². The van der Waals surface area contributed by atoms with Gasteiger partial charge in [0.05, 0.1) is 15.5 Å². The van der Waals surface area contributed by atoms with Crippen molar-refractivity contribution in [2.24, 2.45) is 0 Å². The van der Waals surface area contributed by atoms with E-state index in [9.17, 15) is 8.78 Å². The number of hydrogen-bond acceptors (Lipinski definition) is 1. The van der Waals surface area contributed by atoms with Gasteiger partial charge in [-0.1, -0.05) is 29.8 Å². The second kappa shape index (κ2) is 6.52. The summed E-state index contributed by atoms with van der Waals surface area (Å²) >= 11 is 12.3. The second-order valence-electron chi connectivity index (χ2n) is 4.13. The molecule has 0 spiro atoms. The zero-order chi connectivity index (χ0) is 14.9. The Hall–Kier alpha value is -0.490.